The molecule has 0 bridgehead atoms. The Kier molecular flexibility index (Phi) is 8.17. The number of benzene rings is 1. The van der Waals surface area contributed by atoms with Crippen LogP contribution in [0.5, 0.6) is 0 Å². The zero-order valence-electron chi connectivity index (χ0n) is 13.1. The Labute approximate surface area is 127 Å². The molecule has 4 nitrogen and oxygen atoms in total. The molecule has 116 valence electrons. The summed E-state index contributed by atoms with van der Waals surface area (Å²) < 4.78 is 0. The van der Waals surface area contributed by atoms with Gasteiger partial charge in [0.25, 0.3) is 0 Å². The van der Waals surface area contributed by atoms with Crippen LogP contribution in [0.4, 0.5) is 5.69 Å². The predicted octanol–water partition coefficient (Wildman–Crippen LogP) is 3.27. The molecule has 0 saturated heterocycles. The maximum absolute atomic E-state index is 11.8. The summed E-state index contributed by atoms with van der Waals surface area (Å²) in [5.41, 5.74) is 1.72. The lowest BCUT2D eigenvalue weighted by atomic mass is 10.1. The van der Waals surface area contributed by atoms with Crippen molar-refractivity contribution in [1.82, 2.24) is 5.32 Å². The van der Waals surface area contributed by atoms with Crippen LogP contribution in [-0.4, -0.2) is 18.9 Å². The average Bonchev–Trinajstić information content (AvgIpc) is 2.49. The molecule has 0 atom stereocenters. The topological polar surface area (TPSA) is 58.2 Å². The Morgan fingerprint density at radius 1 is 0.952 bits per heavy atom. The SMILES string of the molecule is CCCCCCCC(=O)Nc1ccc(CC(=O)NC)cc1. The first-order valence-corrected chi connectivity index (χ1v) is 7.75. The lowest BCUT2D eigenvalue weighted by Gasteiger charge is -2.06. The first kappa shape index (κ1) is 17.2. The second kappa shape index (κ2) is 9.97. The van der Waals surface area contributed by atoms with Gasteiger partial charge in [-0.15, -0.1) is 0 Å². The van der Waals surface area contributed by atoms with Crippen LogP contribution in [0.25, 0.3) is 0 Å². The Hall–Kier alpha value is -1.84. The number of amides is 2. The van der Waals surface area contributed by atoms with E-state index in [1.54, 1.807) is 7.05 Å². The van der Waals surface area contributed by atoms with Gasteiger partial charge in [0.1, 0.15) is 0 Å². The molecule has 1 rings (SSSR count). The van der Waals surface area contributed by atoms with Crippen molar-refractivity contribution < 1.29 is 9.59 Å². The molecular weight excluding hydrogens is 264 g/mol. The molecule has 0 heterocycles. The lowest BCUT2D eigenvalue weighted by molar-refractivity contribution is -0.120. The van der Waals surface area contributed by atoms with Crippen LogP contribution in [0, 0.1) is 0 Å². The molecule has 21 heavy (non-hydrogen) atoms. The summed E-state index contributed by atoms with van der Waals surface area (Å²) in [4.78, 5) is 23.0. The number of carbonyl (C=O) groups excluding carboxylic acids is 2. The molecule has 0 spiro atoms. The zero-order valence-corrected chi connectivity index (χ0v) is 13.1. The van der Waals surface area contributed by atoms with Gasteiger partial charge < -0.3 is 10.6 Å². The van der Waals surface area contributed by atoms with Crippen molar-refractivity contribution in [3.05, 3.63) is 29.8 Å². The van der Waals surface area contributed by atoms with E-state index >= 15 is 0 Å². The van der Waals surface area contributed by atoms with E-state index in [9.17, 15) is 9.59 Å². The van der Waals surface area contributed by atoms with Crippen molar-refractivity contribution in [1.29, 1.82) is 0 Å². The van der Waals surface area contributed by atoms with Crippen LogP contribution >= 0.6 is 0 Å². The van der Waals surface area contributed by atoms with Crippen molar-refractivity contribution >= 4 is 17.5 Å². The Morgan fingerprint density at radius 3 is 2.24 bits per heavy atom. The molecule has 0 fully saturated rings. The third kappa shape index (κ3) is 7.49. The van der Waals surface area contributed by atoms with Crippen LogP contribution in [0.2, 0.25) is 0 Å². The minimum Gasteiger partial charge on any atom is -0.359 e. The first-order valence-electron chi connectivity index (χ1n) is 7.75. The first-order chi connectivity index (χ1) is 10.2. The third-order valence-corrected chi connectivity index (χ3v) is 3.39. The van der Waals surface area contributed by atoms with E-state index < -0.39 is 0 Å². The molecule has 0 saturated carbocycles. The van der Waals surface area contributed by atoms with Gasteiger partial charge in [0.15, 0.2) is 0 Å². The minimum absolute atomic E-state index is 0.0149. The van der Waals surface area contributed by atoms with Crippen LogP contribution < -0.4 is 10.6 Å². The van der Waals surface area contributed by atoms with Gasteiger partial charge in [-0.05, 0) is 24.1 Å². The van der Waals surface area contributed by atoms with Crippen LogP contribution in [0.3, 0.4) is 0 Å². The highest BCUT2D eigenvalue weighted by molar-refractivity contribution is 5.90. The molecule has 0 aliphatic heterocycles. The van der Waals surface area contributed by atoms with Gasteiger partial charge in [0, 0.05) is 19.2 Å². The van der Waals surface area contributed by atoms with E-state index in [4.69, 9.17) is 0 Å². The number of rotatable bonds is 9. The standard InChI is InChI=1S/C17H26N2O2/c1-3-4-5-6-7-8-16(20)19-15-11-9-14(10-12-15)13-17(21)18-2/h9-12H,3-8,13H2,1-2H3,(H,18,21)(H,19,20). The molecule has 0 aromatic heterocycles. The summed E-state index contributed by atoms with van der Waals surface area (Å²) in [6.07, 6.45) is 6.67. The largest absolute Gasteiger partial charge is 0.359 e. The number of likely N-dealkylation sites (N-methyl/N-ethyl adjacent to an activating group) is 1. The Balaban J connectivity index is 2.31. The van der Waals surface area contributed by atoms with Crippen molar-refractivity contribution in [2.24, 2.45) is 0 Å². The van der Waals surface area contributed by atoms with Gasteiger partial charge in [-0.25, -0.2) is 0 Å². The Bertz CT molecular complexity index is 441. The average molecular weight is 290 g/mol. The van der Waals surface area contributed by atoms with Gasteiger partial charge in [0.2, 0.25) is 11.8 Å². The number of nitrogens with one attached hydrogen (secondary N) is 2. The number of anilines is 1. The van der Waals surface area contributed by atoms with Gasteiger partial charge in [0.05, 0.1) is 6.42 Å². The number of hydrogen-bond acceptors (Lipinski definition) is 2. The van der Waals surface area contributed by atoms with Gasteiger partial charge in [-0.3, -0.25) is 9.59 Å². The fourth-order valence-corrected chi connectivity index (χ4v) is 2.09. The van der Waals surface area contributed by atoms with Crippen LogP contribution in [0.15, 0.2) is 24.3 Å². The molecule has 4 heteroatoms. The maximum Gasteiger partial charge on any atom is 0.224 e. The highest BCUT2D eigenvalue weighted by Crippen LogP contribution is 2.12. The molecule has 0 aliphatic carbocycles. The number of unbranched alkanes of at least 4 members (excludes halogenated alkanes) is 4. The fraction of sp³-hybridized carbons (Fsp3) is 0.529. The smallest absolute Gasteiger partial charge is 0.224 e. The summed E-state index contributed by atoms with van der Waals surface area (Å²) in [6, 6.07) is 7.42. The van der Waals surface area contributed by atoms with Crippen LogP contribution in [0.1, 0.15) is 51.0 Å². The third-order valence-electron chi connectivity index (χ3n) is 3.39. The van der Waals surface area contributed by atoms with Gasteiger partial charge >= 0.3 is 0 Å². The second-order valence-electron chi connectivity index (χ2n) is 5.26. The van der Waals surface area contributed by atoms with E-state index in [1.165, 1.54) is 19.3 Å². The summed E-state index contributed by atoms with van der Waals surface area (Å²) in [5.74, 6) is 0.0458. The lowest BCUT2D eigenvalue weighted by Crippen LogP contribution is -2.19. The molecule has 1 aromatic carbocycles. The maximum atomic E-state index is 11.8. The summed E-state index contributed by atoms with van der Waals surface area (Å²) in [5, 5.41) is 5.48. The summed E-state index contributed by atoms with van der Waals surface area (Å²) in [6.45, 7) is 2.18. The van der Waals surface area contributed by atoms with E-state index in [0.29, 0.717) is 12.8 Å². The molecular formula is C17H26N2O2. The van der Waals surface area contributed by atoms with Crippen molar-refractivity contribution in [2.45, 2.75) is 51.9 Å². The molecule has 2 amide bonds. The van der Waals surface area contributed by atoms with Crippen molar-refractivity contribution in [3.8, 4) is 0 Å². The van der Waals surface area contributed by atoms with E-state index in [2.05, 4.69) is 17.6 Å². The summed E-state index contributed by atoms with van der Waals surface area (Å²) in [7, 11) is 1.62. The van der Waals surface area contributed by atoms with E-state index in [1.807, 2.05) is 24.3 Å². The highest BCUT2D eigenvalue weighted by atomic mass is 16.2. The Morgan fingerprint density at radius 2 is 1.62 bits per heavy atom. The molecule has 1 aromatic rings. The predicted molar refractivity (Wildman–Crippen MR) is 86.2 cm³/mol. The number of hydrogen-bond donors (Lipinski definition) is 2. The fourth-order valence-electron chi connectivity index (χ4n) is 2.09. The number of carbonyl (C=O) groups is 2. The molecule has 0 radical (unpaired) electrons. The van der Waals surface area contributed by atoms with E-state index in [0.717, 1.165) is 24.1 Å². The zero-order chi connectivity index (χ0) is 15.5. The molecule has 2 N–H and O–H groups in total. The monoisotopic (exact) mass is 290 g/mol. The highest BCUT2D eigenvalue weighted by Gasteiger charge is 2.04. The van der Waals surface area contributed by atoms with Crippen LogP contribution in [-0.2, 0) is 16.0 Å². The second-order valence-corrected chi connectivity index (χ2v) is 5.26. The molecule has 0 unspecified atom stereocenters. The van der Waals surface area contributed by atoms with Crippen molar-refractivity contribution in [3.63, 3.8) is 0 Å². The van der Waals surface area contributed by atoms with Crippen molar-refractivity contribution in [2.75, 3.05) is 12.4 Å². The normalized spacial score (nSPS) is 10.2. The van der Waals surface area contributed by atoms with Gasteiger partial charge in [-0.2, -0.15) is 0 Å². The minimum atomic E-state index is -0.0149. The van der Waals surface area contributed by atoms with Gasteiger partial charge in [-0.1, -0.05) is 44.7 Å². The molecule has 0 aliphatic rings. The summed E-state index contributed by atoms with van der Waals surface area (Å²) >= 11 is 0. The quantitative estimate of drug-likeness (QED) is 0.686. The van der Waals surface area contributed by atoms with E-state index in [-0.39, 0.29) is 11.8 Å².